The summed E-state index contributed by atoms with van der Waals surface area (Å²) in [6, 6.07) is 0.455. The Balaban J connectivity index is 2.40. The van der Waals surface area contributed by atoms with E-state index in [2.05, 4.69) is 27.5 Å². The fourth-order valence-electron chi connectivity index (χ4n) is 1.93. The third-order valence-corrected chi connectivity index (χ3v) is 2.69. The van der Waals surface area contributed by atoms with Crippen molar-refractivity contribution in [3.8, 4) is 6.01 Å². The summed E-state index contributed by atoms with van der Waals surface area (Å²) >= 11 is 0. The predicted molar refractivity (Wildman–Crippen MR) is 63.0 cm³/mol. The number of methoxy groups -OCH3 is 1. The van der Waals surface area contributed by atoms with Crippen LogP contribution in [0.3, 0.4) is 0 Å². The average Bonchev–Trinajstić information content (AvgIpc) is 2.54. The van der Waals surface area contributed by atoms with E-state index in [-0.39, 0.29) is 0 Å². The Labute approximate surface area is 95.6 Å². The number of hydrogen-bond donors (Lipinski definition) is 2. The number of hydrogen-bond acceptors (Lipinski definition) is 5. The number of fused-ring (bicyclic) bond motifs is 1. The molecule has 1 aliphatic heterocycles. The van der Waals surface area contributed by atoms with Crippen molar-refractivity contribution in [2.75, 3.05) is 32.1 Å². The van der Waals surface area contributed by atoms with Gasteiger partial charge in [-0.2, -0.15) is 9.97 Å². The maximum Gasteiger partial charge on any atom is 0.318 e. The van der Waals surface area contributed by atoms with Gasteiger partial charge < -0.3 is 15.4 Å². The summed E-state index contributed by atoms with van der Waals surface area (Å²) in [5, 5.41) is 6.64. The zero-order valence-electron chi connectivity index (χ0n) is 9.84. The van der Waals surface area contributed by atoms with Crippen molar-refractivity contribution >= 4 is 5.82 Å². The minimum atomic E-state index is 0.455. The maximum absolute atomic E-state index is 5.13. The zero-order chi connectivity index (χ0) is 11.4. The summed E-state index contributed by atoms with van der Waals surface area (Å²) in [6.45, 7) is 4.88. The van der Waals surface area contributed by atoms with Crippen molar-refractivity contribution in [1.82, 2.24) is 15.3 Å². The van der Waals surface area contributed by atoms with Crippen molar-refractivity contribution in [3.63, 3.8) is 0 Å². The zero-order valence-corrected chi connectivity index (χ0v) is 9.84. The molecule has 1 aliphatic rings. The molecule has 0 aromatic carbocycles. The molecule has 0 spiro atoms. The van der Waals surface area contributed by atoms with E-state index in [0.717, 1.165) is 44.0 Å². The topological polar surface area (TPSA) is 59.1 Å². The first-order chi connectivity index (χ1) is 7.85. The maximum atomic E-state index is 5.13. The van der Waals surface area contributed by atoms with E-state index in [9.17, 15) is 0 Å². The van der Waals surface area contributed by atoms with Gasteiger partial charge >= 0.3 is 6.01 Å². The van der Waals surface area contributed by atoms with Crippen molar-refractivity contribution in [3.05, 3.63) is 11.3 Å². The molecular formula is C11H18N4O. The fourth-order valence-corrected chi connectivity index (χ4v) is 1.93. The van der Waals surface area contributed by atoms with Gasteiger partial charge in [-0.3, -0.25) is 0 Å². The van der Waals surface area contributed by atoms with Crippen LogP contribution in [-0.4, -0.2) is 36.7 Å². The molecule has 2 rings (SSSR count). The molecule has 1 aromatic heterocycles. The van der Waals surface area contributed by atoms with Gasteiger partial charge in [-0.05, 0) is 19.9 Å². The Morgan fingerprint density at radius 3 is 2.88 bits per heavy atom. The van der Waals surface area contributed by atoms with Crippen LogP contribution in [0.5, 0.6) is 6.01 Å². The lowest BCUT2D eigenvalue weighted by Gasteiger charge is -2.12. The summed E-state index contributed by atoms with van der Waals surface area (Å²) in [7, 11) is 1.60. The molecule has 2 N–H and O–H groups in total. The summed E-state index contributed by atoms with van der Waals surface area (Å²) < 4.78 is 5.13. The minimum absolute atomic E-state index is 0.455. The molecule has 0 fully saturated rings. The molecular weight excluding hydrogens is 204 g/mol. The molecule has 88 valence electrons. The average molecular weight is 222 g/mol. The van der Waals surface area contributed by atoms with Gasteiger partial charge in [0, 0.05) is 25.1 Å². The Bertz CT molecular complexity index is 367. The highest BCUT2D eigenvalue weighted by Crippen LogP contribution is 2.21. The van der Waals surface area contributed by atoms with Gasteiger partial charge in [0.05, 0.1) is 12.8 Å². The highest BCUT2D eigenvalue weighted by atomic mass is 16.5. The molecule has 2 heterocycles. The van der Waals surface area contributed by atoms with Crippen molar-refractivity contribution in [2.24, 2.45) is 0 Å². The van der Waals surface area contributed by atoms with Crippen molar-refractivity contribution in [2.45, 2.75) is 19.8 Å². The van der Waals surface area contributed by atoms with Crippen LogP contribution in [0.25, 0.3) is 0 Å². The van der Waals surface area contributed by atoms with Gasteiger partial charge in [-0.25, -0.2) is 0 Å². The lowest BCUT2D eigenvalue weighted by atomic mass is 10.1. The minimum Gasteiger partial charge on any atom is -0.467 e. The van der Waals surface area contributed by atoms with Gasteiger partial charge in [0.2, 0.25) is 0 Å². The molecule has 0 unspecified atom stereocenters. The molecule has 16 heavy (non-hydrogen) atoms. The van der Waals surface area contributed by atoms with E-state index in [1.54, 1.807) is 7.11 Å². The largest absolute Gasteiger partial charge is 0.467 e. The smallest absolute Gasteiger partial charge is 0.318 e. The first-order valence-corrected chi connectivity index (χ1v) is 5.73. The third-order valence-electron chi connectivity index (χ3n) is 2.69. The number of ether oxygens (including phenoxy) is 1. The van der Waals surface area contributed by atoms with Crippen molar-refractivity contribution < 1.29 is 4.74 Å². The second kappa shape index (κ2) is 5.12. The third kappa shape index (κ3) is 2.24. The monoisotopic (exact) mass is 222 g/mol. The quantitative estimate of drug-likeness (QED) is 0.784. The Morgan fingerprint density at radius 1 is 1.31 bits per heavy atom. The summed E-state index contributed by atoms with van der Waals surface area (Å²) in [5.74, 6) is 0.924. The van der Waals surface area contributed by atoms with Gasteiger partial charge in [-0.15, -0.1) is 0 Å². The Morgan fingerprint density at radius 2 is 2.12 bits per heavy atom. The van der Waals surface area contributed by atoms with E-state index in [4.69, 9.17) is 4.74 Å². The molecule has 0 aliphatic carbocycles. The van der Waals surface area contributed by atoms with Crippen LogP contribution in [0.1, 0.15) is 18.2 Å². The van der Waals surface area contributed by atoms with Crippen LogP contribution in [0, 0.1) is 0 Å². The number of nitrogens with one attached hydrogen (secondary N) is 2. The lowest BCUT2D eigenvalue weighted by molar-refractivity contribution is 0.378. The molecule has 5 heteroatoms. The Kier molecular flexibility index (Phi) is 3.56. The number of anilines is 1. The SMILES string of the molecule is CCNc1nc(OC)nc2c1CCNCC2. The molecule has 5 nitrogen and oxygen atoms in total. The molecule has 0 atom stereocenters. The van der Waals surface area contributed by atoms with Crippen LogP contribution in [0.4, 0.5) is 5.82 Å². The number of aromatic nitrogens is 2. The first kappa shape index (κ1) is 11.1. The van der Waals surface area contributed by atoms with E-state index in [0.29, 0.717) is 6.01 Å². The van der Waals surface area contributed by atoms with Gasteiger partial charge in [0.1, 0.15) is 5.82 Å². The van der Waals surface area contributed by atoms with Crippen LogP contribution in [-0.2, 0) is 12.8 Å². The molecule has 0 bridgehead atoms. The van der Waals surface area contributed by atoms with E-state index in [1.165, 1.54) is 5.56 Å². The van der Waals surface area contributed by atoms with Gasteiger partial charge in [0.15, 0.2) is 0 Å². The Hall–Kier alpha value is -1.36. The number of nitrogens with zero attached hydrogens (tertiary/aromatic N) is 2. The van der Waals surface area contributed by atoms with E-state index < -0.39 is 0 Å². The molecule has 0 radical (unpaired) electrons. The van der Waals surface area contributed by atoms with Crippen LogP contribution >= 0.6 is 0 Å². The summed E-state index contributed by atoms with van der Waals surface area (Å²) in [4.78, 5) is 8.79. The fraction of sp³-hybridized carbons (Fsp3) is 0.636. The predicted octanol–water partition coefficient (Wildman–Crippen LogP) is 0.605. The molecule has 0 saturated carbocycles. The summed E-state index contributed by atoms with van der Waals surface area (Å²) in [6.07, 6.45) is 1.91. The van der Waals surface area contributed by atoms with Gasteiger partial charge in [-0.1, -0.05) is 0 Å². The normalized spacial score (nSPS) is 15.1. The highest BCUT2D eigenvalue weighted by molar-refractivity contribution is 5.48. The van der Waals surface area contributed by atoms with E-state index >= 15 is 0 Å². The van der Waals surface area contributed by atoms with Crippen LogP contribution in [0.2, 0.25) is 0 Å². The van der Waals surface area contributed by atoms with E-state index in [1.807, 2.05) is 0 Å². The van der Waals surface area contributed by atoms with Crippen LogP contribution < -0.4 is 15.4 Å². The molecule has 1 aromatic rings. The van der Waals surface area contributed by atoms with Crippen molar-refractivity contribution in [1.29, 1.82) is 0 Å². The molecule has 0 saturated heterocycles. The number of rotatable bonds is 3. The van der Waals surface area contributed by atoms with Gasteiger partial charge in [0.25, 0.3) is 0 Å². The highest BCUT2D eigenvalue weighted by Gasteiger charge is 2.16. The second-order valence-electron chi connectivity index (χ2n) is 3.76. The molecule has 0 amide bonds. The summed E-state index contributed by atoms with van der Waals surface area (Å²) in [5.41, 5.74) is 2.33. The second-order valence-corrected chi connectivity index (χ2v) is 3.76. The standard InChI is InChI=1S/C11H18N4O/c1-3-13-10-8-4-6-12-7-5-9(8)14-11(15-10)16-2/h12H,3-7H2,1-2H3,(H,13,14,15). The lowest BCUT2D eigenvalue weighted by Crippen LogP contribution is -2.16. The van der Waals surface area contributed by atoms with Crippen LogP contribution in [0.15, 0.2) is 0 Å². The first-order valence-electron chi connectivity index (χ1n) is 5.73.